The van der Waals surface area contributed by atoms with Crippen molar-refractivity contribution in [1.82, 2.24) is 4.90 Å². The summed E-state index contributed by atoms with van der Waals surface area (Å²) in [5.74, 6) is -0.407. The summed E-state index contributed by atoms with van der Waals surface area (Å²) in [6, 6.07) is 5.62. The number of hydrogen-bond donors (Lipinski definition) is 0. The third-order valence-electron chi connectivity index (χ3n) is 3.82. The fourth-order valence-corrected chi connectivity index (χ4v) is 6.67. The molecule has 1 aromatic carbocycles. The highest BCUT2D eigenvalue weighted by Crippen LogP contribution is 2.36. The number of benzene rings is 1. The minimum Gasteiger partial charge on any atom is -0.349 e. The Labute approximate surface area is 132 Å². The van der Waals surface area contributed by atoms with Crippen molar-refractivity contribution in [2.24, 2.45) is 4.99 Å². The van der Waals surface area contributed by atoms with Gasteiger partial charge in [-0.2, -0.15) is 4.99 Å². The van der Waals surface area contributed by atoms with Crippen LogP contribution in [-0.4, -0.2) is 54.2 Å². The molecule has 0 bridgehead atoms. The van der Waals surface area contributed by atoms with Crippen molar-refractivity contribution < 1.29 is 17.6 Å². The largest absolute Gasteiger partial charge is 0.349 e. The molecule has 1 amide bonds. The first-order chi connectivity index (χ1) is 10.3. The maximum absolute atomic E-state index is 12.8. The van der Waals surface area contributed by atoms with E-state index in [4.69, 9.17) is 0 Å². The summed E-state index contributed by atoms with van der Waals surface area (Å²) in [5, 5.41) is 0.518. The van der Waals surface area contributed by atoms with Crippen LogP contribution in [0.25, 0.3) is 0 Å². The second-order valence-corrected chi connectivity index (χ2v) is 8.86. The van der Waals surface area contributed by atoms with E-state index in [0.717, 1.165) is 0 Å². The molecule has 5 nitrogen and oxygen atoms in total. The summed E-state index contributed by atoms with van der Waals surface area (Å²) in [6.45, 7) is 0. The van der Waals surface area contributed by atoms with Crippen LogP contribution in [0.3, 0.4) is 0 Å². The van der Waals surface area contributed by atoms with E-state index in [2.05, 4.69) is 4.99 Å². The van der Waals surface area contributed by atoms with E-state index in [1.54, 1.807) is 24.1 Å². The van der Waals surface area contributed by atoms with Gasteiger partial charge in [-0.3, -0.25) is 4.79 Å². The zero-order valence-electron chi connectivity index (χ0n) is 11.9. The lowest BCUT2D eigenvalue weighted by Crippen LogP contribution is -2.34. The van der Waals surface area contributed by atoms with E-state index < -0.39 is 9.84 Å². The Balaban J connectivity index is 1.68. The van der Waals surface area contributed by atoms with Crippen molar-refractivity contribution in [2.75, 3.05) is 18.6 Å². The van der Waals surface area contributed by atoms with Gasteiger partial charge in [-0.05, 0) is 17.7 Å². The zero-order valence-corrected chi connectivity index (χ0v) is 13.5. The highest BCUT2D eigenvalue weighted by Gasteiger charge is 2.47. The molecule has 8 heteroatoms. The number of halogens is 1. The van der Waals surface area contributed by atoms with Crippen molar-refractivity contribution in [3.63, 3.8) is 0 Å². The molecule has 2 aliphatic rings. The zero-order chi connectivity index (χ0) is 15.9. The van der Waals surface area contributed by atoms with Gasteiger partial charge >= 0.3 is 0 Å². The van der Waals surface area contributed by atoms with Crippen LogP contribution >= 0.6 is 11.8 Å². The molecule has 3 rings (SSSR count). The fraction of sp³-hybridized carbons (Fsp3) is 0.429. The molecule has 2 fully saturated rings. The van der Waals surface area contributed by atoms with E-state index in [1.165, 1.54) is 23.9 Å². The van der Waals surface area contributed by atoms with Crippen molar-refractivity contribution in [2.45, 2.75) is 17.7 Å². The van der Waals surface area contributed by atoms with Crippen molar-refractivity contribution in [1.29, 1.82) is 0 Å². The number of aliphatic imine (C=N–C) groups is 1. The molecule has 2 aliphatic heterocycles. The Morgan fingerprint density at radius 2 is 2.05 bits per heavy atom. The molecule has 1 aromatic rings. The summed E-state index contributed by atoms with van der Waals surface area (Å²) in [7, 11) is -1.21. The van der Waals surface area contributed by atoms with Crippen molar-refractivity contribution in [3.05, 3.63) is 35.6 Å². The molecular formula is C14H15FN2O3S2. The smallest absolute Gasteiger partial charge is 0.252 e. The van der Waals surface area contributed by atoms with Gasteiger partial charge in [-0.15, -0.1) is 0 Å². The number of thioether (sulfide) groups is 1. The Hall–Kier alpha value is -1.41. The lowest BCUT2D eigenvalue weighted by Gasteiger charge is -2.17. The molecule has 0 unspecified atom stereocenters. The van der Waals surface area contributed by atoms with Crippen LogP contribution in [-0.2, 0) is 21.1 Å². The van der Waals surface area contributed by atoms with Crippen LogP contribution in [0.15, 0.2) is 29.3 Å². The summed E-state index contributed by atoms with van der Waals surface area (Å²) >= 11 is 1.35. The minimum absolute atomic E-state index is 0.0487. The number of amides is 1. The second-order valence-electron chi connectivity index (χ2n) is 5.50. The third-order valence-corrected chi connectivity index (χ3v) is 7.12. The molecule has 118 valence electrons. The van der Waals surface area contributed by atoms with Gasteiger partial charge in [0, 0.05) is 12.3 Å². The van der Waals surface area contributed by atoms with Crippen LogP contribution in [0.1, 0.15) is 5.56 Å². The van der Waals surface area contributed by atoms with Gasteiger partial charge in [0.2, 0.25) is 0 Å². The summed E-state index contributed by atoms with van der Waals surface area (Å²) in [6.07, 6.45) is 0.103. The van der Waals surface area contributed by atoms with Crippen LogP contribution in [0.4, 0.5) is 4.39 Å². The normalized spacial score (nSPS) is 28.1. The first-order valence-corrected chi connectivity index (χ1v) is 9.50. The summed E-state index contributed by atoms with van der Waals surface area (Å²) in [4.78, 5) is 17.9. The molecular weight excluding hydrogens is 327 g/mol. The molecule has 2 atom stereocenters. The Morgan fingerprint density at radius 1 is 1.36 bits per heavy atom. The Kier molecular flexibility index (Phi) is 3.98. The Bertz CT molecular complexity index is 731. The average molecular weight is 342 g/mol. The third kappa shape index (κ3) is 3.17. The molecule has 0 spiro atoms. The van der Waals surface area contributed by atoms with Crippen molar-refractivity contribution in [3.8, 4) is 0 Å². The van der Waals surface area contributed by atoms with Gasteiger partial charge in [0.05, 0.1) is 24.0 Å². The standard InChI is InChI=1S/C14H15FN2O3S2/c1-17-11-7-22(19,20)8-12(11)21-14(17)16-13(18)6-9-2-4-10(15)5-3-9/h2-5,11-12H,6-8H2,1H3/t11-,12+/m0/s1. The first-order valence-electron chi connectivity index (χ1n) is 6.80. The number of fused-ring (bicyclic) bond motifs is 1. The highest BCUT2D eigenvalue weighted by molar-refractivity contribution is 8.15. The van der Waals surface area contributed by atoms with E-state index in [0.29, 0.717) is 10.7 Å². The average Bonchev–Trinajstić information content (AvgIpc) is 2.87. The number of hydrogen-bond acceptors (Lipinski definition) is 4. The van der Waals surface area contributed by atoms with Crippen LogP contribution in [0.5, 0.6) is 0 Å². The molecule has 0 saturated carbocycles. The van der Waals surface area contributed by atoms with Gasteiger partial charge in [-0.25, -0.2) is 12.8 Å². The molecule has 22 heavy (non-hydrogen) atoms. The predicted octanol–water partition coefficient (Wildman–Crippen LogP) is 1.09. The van der Waals surface area contributed by atoms with E-state index >= 15 is 0 Å². The van der Waals surface area contributed by atoms with Gasteiger partial charge in [0.25, 0.3) is 5.91 Å². The fourth-order valence-electron chi connectivity index (χ4n) is 2.66. The maximum Gasteiger partial charge on any atom is 0.252 e. The molecule has 0 aromatic heterocycles. The first kappa shape index (κ1) is 15.5. The predicted molar refractivity (Wildman–Crippen MR) is 84.1 cm³/mol. The van der Waals surface area contributed by atoms with Gasteiger partial charge in [0.15, 0.2) is 15.0 Å². The number of rotatable bonds is 2. The Morgan fingerprint density at radius 3 is 2.68 bits per heavy atom. The van der Waals surface area contributed by atoms with Gasteiger partial charge in [-0.1, -0.05) is 23.9 Å². The van der Waals surface area contributed by atoms with Crippen LogP contribution in [0, 0.1) is 5.82 Å². The number of carbonyl (C=O) groups excluding carboxylic acids is 1. The molecule has 0 N–H and O–H groups in total. The van der Waals surface area contributed by atoms with Crippen molar-refractivity contribution >= 4 is 32.7 Å². The molecule has 2 saturated heterocycles. The van der Waals surface area contributed by atoms with Gasteiger partial charge in [0.1, 0.15) is 5.82 Å². The maximum atomic E-state index is 12.8. The molecule has 0 radical (unpaired) electrons. The molecule has 0 aliphatic carbocycles. The molecule has 2 heterocycles. The van der Waals surface area contributed by atoms with E-state index in [9.17, 15) is 17.6 Å². The minimum atomic E-state index is -2.98. The number of nitrogens with zero attached hydrogens (tertiary/aromatic N) is 2. The SMILES string of the molecule is CN1C(=NC(=O)Cc2ccc(F)cc2)S[C@@H]2CS(=O)(=O)C[C@@H]21. The quantitative estimate of drug-likeness (QED) is 0.805. The lowest BCUT2D eigenvalue weighted by atomic mass is 10.1. The van der Waals surface area contributed by atoms with E-state index in [1.807, 2.05) is 0 Å². The number of amidine groups is 1. The van der Waals surface area contributed by atoms with Crippen LogP contribution in [0.2, 0.25) is 0 Å². The van der Waals surface area contributed by atoms with Gasteiger partial charge < -0.3 is 4.90 Å². The van der Waals surface area contributed by atoms with E-state index in [-0.39, 0.29) is 40.9 Å². The summed E-state index contributed by atoms with van der Waals surface area (Å²) < 4.78 is 36.0. The number of sulfone groups is 1. The van der Waals surface area contributed by atoms with Crippen LogP contribution < -0.4 is 0 Å². The highest BCUT2D eigenvalue weighted by atomic mass is 32.2. The second kappa shape index (κ2) is 5.66. The lowest BCUT2D eigenvalue weighted by molar-refractivity contribution is -0.117. The monoisotopic (exact) mass is 342 g/mol. The number of carbonyl (C=O) groups is 1. The topological polar surface area (TPSA) is 66.8 Å². The summed E-state index contributed by atoms with van der Waals surface area (Å²) in [5.41, 5.74) is 0.698.